The van der Waals surface area contributed by atoms with E-state index in [1.165, 1.54) is 0 Å². The predicted octanol–water partition coefficient (Wildman–Crippen LogP) is 2.60. The Kier molecular flexibility index (Phi) is 7.35. The predicted molar refractivity (Wildman–Crippen MR) is 130 cm³/mol. The number of hydrogen-bond donors (Lipinski definition) is 3. The molecule has 176 valence electrons. The van der Waals surface area contributed by atoms with E-state index in [0.29, 0.717) is 12.8 Å². The van der Waals surface area contributed by atoms with E-state index in [9.17, 15) is 15.3 Å². The van der Waals surface area contributed by atoms with Crippen LogP contribution >= 0.6 is 0 Å². The van der Waals surface area contributed by atoms with Gasteiger partial charge in [-0.05, 0) is 42.1 Å². The molecule has 3 N–H and O–H groups in total. The lowest BCUT2D eigenvalue weighted by Gasteiger charge is -2.50. The molecule has 1 aliphatic heterocycles. The molecule has 0 saturated carbocycles. The number of aliphatic hydroxyl groups excluding tert-OH is 2. The largest absolute Gasteiger partial charge is 0.405 e. The summed E-state index contributed by atoms with van der Waals surface area (Å²) in [5.74, 6) is 0. The van der Waals surface area contributed by atoms with Gasteiger partial charge in [0.2, 0.25) is 0 Å². The molecule has 1 aliphatic rings. The Morgan fingerprint density at radius 3 is 1.94 bits per heavy atom. The van der Waals surface area contributed by atoms with Crippen molar-refractivity contribution < 1.29 is 24.5 Å². The third kappa shape index (κ3) is 4.71. The number of aliphatic hydroxyl groups is 3. The second kappa shape index (κ2) is 9.37. The van der Waals surface area contributed by atoms with Gasteiger partial charge in [0.15, 0.2) is 0 Å². The molecule has 0 aromatic heterocycles. The van der Waals surface area contributed by atoms with E-state index in [2.05, 4.69) is 45.0 Å². The standard InChI is InChI=1S/C26H38O5Si/c1-24(2,3)32(20-12-8-6-9-13-20,21-14-10-7-11-15-21)30-19-23-25(4,29)16-17-26(5,31-23)22(28)18-27/h6-15,22-23,27-29H,16-19H2,1-5H3/t22-,23-,25+,26+/m1/s1. The van der Waals surface area contributed by atoms with Crippen molar-refractivity contribution in [3.8, 4) is 0 Å². The Balaban J connectivity index is 2.02. The summed E-state index contributed by atoms with van der Waals surface area (Å²) in [4.78, 5) is 0. The zero-order valence-electron chi connectivity index (χ0n) is 19.9. The molecule has 3 rings (SSSR count). The smallest absolute Gasteiger partial charge is 0.261 e. The van der Waals surface area contributed by atoms with Gasteiger partial charge >= 0.3 is 0 Å². The molecule has 1 fully saturated rings. The number of benzene rings is 2. The number of rotatable bonds is 7. The number of ether oxygens (including phenoxy) is 1. The Bertz CT molecular complexity index is 825. The minimum Gasteiger partial charge on any atom is -0.405 e. The Morgan fingerprint density at radius 2 is 1.50 bits per heavy atom. The summed E-state index contributed by atoms with van der Waals surface area (Å²) in [5.41, 5.74) is -2.03. The first kappa shape index (κ1) is 25.1. The SMILES string of the molecule is CC(C)(C)[Si](OC[C@H]1O[C@](C)([C@H](O)CO)CC[C@]1(C)O)(c1ccccc1)c1ccccc1. The quantitative estimate of drug-likeness (QED) is 0.556. The highest BCUT2D eigenvalue weighted by Gasteiger charge is 2.53. The van der Waals surface area contributed by atoms with Gasteiger partial charge in [-0.3, -0.25) is 0 Å². The molecule has 0 amide bonds. The van der Waals surface area contributed by atoms with Gasteiger partial charge in [0, 0.05) is 0 Å². The minimum atomic E-state index is -2.78. The molecule has 0 unspecified atom stereocenters. The van der Waals surface area contributed by atoms with Gasteiger partial charge in [0.25, 0.3) is 8.32 Å². The summed E-state index contributed by atoms with van der Waals surface area (Å²) < 4.78 is 13.2. The van der Waals surface area contributed by atoms with Gasteiger partial charge in [-0.2, -0.15) is 0 Å². The second-order valence-electron chi connectivity index (χ2n) is 10.4. The fourth-order valence-corrected chi connectivity index (χ4v) is 9.34. The lowest BCUT2D eigenvalue weighted by Crippen LogP contribution is -2.68. The monoisotopic (exact) mass is 458 g/mol. The maximum atomic E-state index is 11.1. The van der Waals surface area contributed by atoms with Crippen LogP contribution in [0.15, 0.2) is 60.7 Å². The van der Waals surface area contributed by atoms with E-state index in [0.717, 1.165) is 10.4 Å². The van der Waals surface area contributed by atoms with E-state index in [4.69, 9.17) is 9.16 Å². The maximum Gasteiger partial charge on any atom is 0.261 e. The van der Waals surface area contributed by atoms with Crippen LogP contribution < -0.4 is 10.4 Å². The van der Waals surface area contributed by atoms with E-state index < -0.39 is 31.7 Å². The molecule has 0 aliphatic carbocycles. The van der Waals surface area contributed by atoms with Gasteiger partial charge in [0.05, 0.1) is 24.4 Å². The summed E-state index contributed by atoms with van der Waals surface area (Å²) in [6, 6.07) is 20.7. The summed E-state index contributed by atoms with van der Waals surface area (Å²) in [7, 11) is -2.78. The van der Waals surface area contributed by atoms with Crippen molar-refractivity contribution in [2.24, 2.45) is 0 Å². The Hall–Kier alpha value is -1.54. The van der Waals surface area contributed by atoms with E-state index in [1.54, 1.807) is 13.8 Å². The van der Waals surface area contributed by atoms with Crippen LogP contribution in [0, 0.1) is 0 Å². The molecule has 2 aromatic carbocycles. The summed E-state index contributed by atoms with van der Waals surface area (Å²) in [6.07, 6.45) is -0.745. The molecule has 0 spiro atoms. The van der Waals surface area contributed by atoms with Crippen LogP contribution in [-0.4, -0.2) is 60.3 Å². The average Bonchev–Trinajstić information content (AvgIpc) is 2.76. The molecule has 0 bridgehead atoms. The summed E-state index contributed by atoms with van der Waals surface area (Å²) >= 11 is 0. The van der Waals surface area contributed by atoms with Crippen LogP contribution in [0.25, 0.3) is 0 Å². The van der Waals surface area contributed by atoms with Crippen LogP contribution in [-0.2, 0) is 9.16 Å². The van der Waals surface area contributed by atoms with Gasteiger partial charge in [-0.25, -0.2) is 0 Å². The van der Waals surface area contributed by atoms with Crippen molar-refractivity contribution in [3.63, 3.8) is 0 Å². The Labute approximate surface area is 193 Å². The minimum absolute atomic E-state index is 0.189. The van der Waals surface area contributed by atoms with Crippen LogP contribution in [0.5, 0.6) is 0 Å². The normalized spacial score (nSPS) is 27.8. The van der Waals surface area contributed by atoms with Gasteiger partial charge in [-0.1, -0.05) is 81.4 Å². The first-order valence-electron chi connectivity index (χ1n) is 11.4. The second-order valence-corrected chi connectivity index (χ2v) is 14.8. The van der Waals surface area contributed by atoms with Crippen LogP contribution in [0.2, 0.25) is 5.04 Å². The molecular weight excluding hydrogens is 420 g/mol. The summed E-state index contributed by atoms with van der Waals surface area (Å²) in [5, 5.41) is 33.1. The molecule has 1 heterocycles. The maximum absolute atomic E-state index is 11.1. The highest BCUT2D eigenvalue weighted by molar-refractivity contribution is 6.99. The van der Waals surface area contributed by atoms with Crippen molar-refractivity contribution in [3.05, 3.63) is 60.7 Å². The van der Waals surface area contributed by atoms with Gasteiger partial charge in [0.1, 0.15) is 12.2 Å². The first-order valence-corrected chi connectivity index (χ1v) is 13.3. The summed E-state index contributed by atoms with van der Waals surface area (Å²) in [6.45, 7) is 9.97. The van der Waals surface area contributed by atoms with Crippen molar-refractivity contribution in [2.45, 2.75) is 75.9 Å². The third-order valence-electron chi connectivity index (χ3n) is 6.98. The van der Waals surface area contributed by atoms with Crippen molar-refractivity contribution in [1.29, 1.82) is 0 Å². The lowest BCUT2D eigenvalue weighted by atomic mass is 9.81. The van der Waals surface area contributed by atoms with Crippen LogP contribution in [0.4, 0.5) is 0 Å². The topological polar surface area (TPSA) is 79.2 Å². The molecule has 5 nitrogen and oxygen atoms in total. The van der Waals surface area contributed by atoms with Gasteiger partial charge in [-0.15, -0.1) is 0 Å². The van der Waals surface area contributed by atoms with Gasteiger partial charge < -0.3 is 24.5 Å². The molecule has 6 heteroatoms. The average molecular weight is 459 g/mol. The highest BCUT2D eigenvalue weighted by atomic mass is 28.4. The highest BCUT2D eigenvalue weighted by Crippen LogP contribution is 2.40. The molecule has 32 heavy (non-hydrogen) atoms. The fourth-order valence-electron chi connectivity index (χ4n) is 4.79. The third-order valence-corrected chi connectivity index (χ3v) is 12.0. The molecule has 4 atom stereocenters. The van der Waals surface area contributed by atoms with E-state index in [-0.39, 0.29) is 18.3 Å². The van der Waals surface area contributed by atoms with E-state index >= 15 is 0 Å². The zero-order valence-corrected chi connectivity index (χ0v) is 20.9. The van der Waals surface area contributed by atoms with E-state index in [1.807, 2.05) is 36.4 Å². The molecular formula is C26H38O5Si. The van der Waals surface area contributed by atoms with Crippen LogP contribution in [0.1, 0.15) is 47.5 Å². The first-order chi connectivity index (χ1) is 15.0. The lowest BCUT2D eigenvalue weighted by molar-refractivity contribution is -0.246. The molecule has 0 radical (unpaired) electrons. The number of hydrogen-bond acceptors (Lipinski definition) is 5. The Morgan fingerprint density at radius 1 is 1.00 bits per heavy atom. The molecule has 2 aromatic rings. The van der Waals surface area contributed by atoms with Crippen molar-refractivity contribution >= 4 is 18.7 Å². The fraction of sp³-hybridized carbons (Fsp3) is 0.538. The zero-order chi connectivity index (χ0) is 23.6. The van der Waals surface area contributed by atoms with Crippen molar-refractivity contribution in [2.75, 3.05) is 13.2 Å². The molecule has 1 saturated heterocycles. The van der Waals surface area contributed by atoms with Crippen LogP contribution in [0.3, 0.4) is 0 Å². The van der Waals surface area contributed by atoms with Crippen molar-refractivity contribution in [1.82, 2.24) is 0 Å².